The van der Waals surface area contributed by atoms with Crippen molar-refractivity contribution in [2.45, 2.75) is 52.6 Å². The first-order chi connectivity index (χ1) is 7.67. The minimum atomic E-state index is 0.510. The molecular formula is C13H30N2O. The maximum Gasteiger partial charge on any atom is 0.0615 e. The van der Waals surface area contributed by atoms with Gasteiger partial charge in [-0.15, -0.1) is 0 Å². The predicted octanol–water partition coefficient (Wildman–Crippen LogP) is 2.12. The van der Waals surface area contributed by atoms with Crippen LogP contribution in [0, 0.1) is 0 Å². The Morgan fingerprint density at radius 3 is 2.31 bits per heavy atom. The van der Waals surface area contributed by atoms with Crippen LogP contribution in [-0.4, -0.2) is 50.3 Å². The van der Waals surface area contributed by atoms with Crippen LogP contribution in [0.15, 0.2) is 0 Å². The Morgan fingerprint density at radius 2 is 1.81 bits per heavy atom. The lowest BCUT2D eigenvalue weighted by atomic mass is 10.1. The van der Waals surface area contributed by atoms with Gasteiger partial charge in [-0.1, -0.05) is 13.8 Å². The molecule has 3 heteroatoms. The van der Waals surface area contributed by atoms with Crippen molar-refractivity contribution >= 4 is 0 Å². The Kier molecular flexibility index (Phi) is 9.99. The third-order valence-corrected chi connectivity index (χ3v) is 3.07. The van der Waals surface area contributed by atoms with E-state index in [2.05, 4.69) is 37.9 Å². The number of nitrogens with zero attached hydrogens (tertiary/aromatic N) is 1. The van der Waals surface area contributed by atoms with Gasteiger partial charge in [0.1, 0.15) is 0 Å². The van der Waals surface area contributed by atoms with E-state index in [1.165, 1.54) is 12.8 Å². The Hall–Kier alpha value is -0.120. The van der Waals surface area contributed by atoms with E-state index in [-0.39, 0.29) is 0 Å². The molecule has 0 heterocycles. The molecule has 0 aliphatic carbocycles. The molecule has 0 aliphatic heterocycles. The second-order valence-corrected chi connectivity index (χ2v) is 4.52. The van der Waals surface area contributed by atoms with Crippen LogP contribution >= 0.6 is 0 Å². The Balaban J connectivity index is 3.85. The van der Waals surface area contributed by atoms with Gasteiger partial charge in [-0.25, -0.2) is 0 Å². The van der Waals surface area contributed by atoms with Crippen LogP contribution in [0.2, 0.25) is 0 Å². The van der Waals surface area contributed by atoms with E-state index in [1.54, 1.807) is 7.11 Å². The quantitative estimate of drug-likeness (QED) is 0.582. The zero-order chi connectivity index (χ0) is 12.4. The third kappa shape index (κ3) is 6.46. The average molecular weight is 230 g/mol. The molecular weight excluding hydrogens is 200 g/mol. The van der Waals surface area contributed by atoms with Gasteiger partial charge in [0.2, 0.25) is 0 Å². The maximum absolute atomic E-state index is 5.22. The molecule has 98 valence electrons. The van der Waals surface area contributed by atoms with E-state index >= 15 is 0 Å². The zero-order valence-corrected chi connectivity index (χ0v) is 11.8. The molecule has 0 radical (unpaired) electrons. The highest BCUT2D eigenvalue weighted by molar-refractivity contribution is 4.73. The molecule has 0 fully saturated rings. The van der Waals surface area contributed by atoms with Crippen molar-refractivity contribution in [3.8, 4) is 0 Å². The smallest absolute Gasteiger partial charge is 0.0615 e. The minimum absolute atomic E-state index is 0.510. The number of ether oxygens (including phenoxy) is 1. The largest absolute Gasteiger partial charge is 0.383 e. The number of rotatable bonds is 10. The first-order valence-corrected chi connectivity index (χ1v) is 6.62. The third-order valence-electron chi connectivity index (χ3n) is 3.07. The summed E-state index contributed by atoms with van der Waals surface area (Å²) >= 11 is 0. The van der Waals surface area contributed by atoms with Crippen molar-refractivity contribution in [1.82, 2.24) is 10.2 Å². The van der Waals surface area contributed by atoms with E-state index in [9.17, 15) is 0 Å². The van der Waals surface area contributed by atoms with Gasteiger partial charge in [0, 0.05) is 19.2 Å². The van der Waals surface area contributed by atoms with E-state index < -0.39 is 0 Å². The number of nitrogens with one attached hydrogen (secondary N) is 1. The maximum atomic E-state index is 5.22. The van der Waals surface area contributed by atoms with Crippen molar-refractivity contribution < 1.29 is 4.74 Å². The molecule has 0 saturated heterocycles. The van der Waals surface area contributed by atoms with Crippen molar-refractivity contribution in [3.63, 3.8) is 0 Å². The second-order valence-electron chi connectivity index (χ2n) is 4.52. The molecule has 0 rings (SSSR count). The van der Waals surface area contributed by atoms with Crippen LogP contribution in [0.25, 0.3) is 0 Å². The lowest BCUT2D eigenvalue weighted by Crippen LogP contribution is -2.43. The van der Waals surface area contributed by atoms with Gasteiger partial charge in [-0.05, 0) is 46.3 Å². The second kappa shape index (κ2) is 10.1. The zero-order valence-electron chi connectivity index (χ0n) is 11.8. The van der Waals surface area contributed by atoms with Gasteiger partial charge >= 0.3 is 0 Å². The fourth-order valence-corrected chi connectivity index (χ4v) is 2.17. The molecule has 1 N–H and O–H groups in total. The molecule has 2 atom stereocenters. The molecule has 0 saturated carbocycles. The van der Waals surface area contributed by atoms with Crippen molar-refractivity contribution in [2.24, 2.45) is 0 Å². The van der Waals surface area contributed by atoms with Gasteiger partial charge in [0.15, 0.2) is 0 Å². The van der Waals surface area contributed by atoms with E-state index in [0.717, 1.165) is 26.2 Å². The fourth-order valence-electron chi connectivity index (χ4n) is 2.17. The van der Waals surface area contributed by atoms with Crippen LogP contribution in [0.4, 0.5) is 0 Å². The lowest BCUT2D eigenvalue weighted by Gasteiger charge is -2.33. The van der Waals surface area contributed by atoms with E-state index in [0.29, 0.717) is 12.1 Å². The summed E-state index contributed by atoms with van der Waals surface area (Å²) in [5.74, 6) is 0. The highest BCUT2D eigenvalue weighted by Gasteiger charge is 2.17. The van der Waals surface area contributed by atoms with Gasteiger partial charge in [0.25, 0.3) is 0 Å². The van der Waals surface area contributed by atoms with Crippen LogP contribution < -0.4 is 5.32 Å². The summed E-state index contributed by atoms with van der Waals surface area (Å²) in [7, 11) is 1.78. The number of methoxy groups -OCH3 is 1. The van der Waals surface area contributed by atoms with Gasteiger partial charge in [0.05, 0.1) is 6.61 Å². The summed E-state index contributed by atoms with van der Waals surface area (Å²) < 4.78 is 5.22. The first kappa shape index (κ1) is 15.9. The SMILES string of the molecule is CCCNCCC(C)N(CC)C(C)COC. The summed E-state index contributed by atoms with van der Waals surface area (Å²) in [5.41, 5.74) is 0. The molecule has 0 aliphatic rings. The highest BCUT2D eigenvalue weighted by Crippen LogP contribution is 2.08. The molecule has 0 aromatic heterocycles. The molecule has 0 bridgehead atoms. The molecule has 0 amide bonds. The van der Waals surface area contributed by atoms with Crippen LogP contribution in [-0.2, 0) is 4.74 Å². The molecule has 0 spiro atoms. The molecule has 2 unspecified atom stereocenters. The Morgan fingerprint density at radius 1 is 1.12 bits per heavy atom. The van der Waals surface area contributed by atoms with Crippen LogP contribution in [0.3, 0.4) is 0 Å². The van der Waals surface area contributed by atoms with E-state index in [1.807, 2.05) is 0 Å². The summed E-state index contributed by atoms with van der Waals surface area (Å²) in [6.45, 7) is 13.1. The minimum Gasteiger partial charge on any atom is -0.383 e. The highest BCUT2D eigenvalue weighted by atomic mass is 16.5. The Bertz CT molecular complexity index is 153. The summed E-state index contributed by atoms with van der Waals surface area (Å²) in [6, 6.07) is 1.13. The number of hydrogen-bond donors (Lipinski definition) is 1. The fraction of sp³-hybridized carbons (Fsp3) is 1.00. The molecule has 16 heavy (non-hydrogen) atoms. The lowest BCUT2D eigenvalue weighted by molar-refractivity contribution is 0.0757. The van der Waals surface area contributed by atoms with Crippen molar-refractivity contribution in [1.29, 1.82) is 0 Å². The summed E-state index contributed by atoms with van der Waals surface area (Å²) in [6.07, 6.45) is 2.42. The number of hydrogen-bond acceptors (Lipinski definition) is 3. The standard InChI is InChI=1S/C13H30N2O/c1-6-9-14-10-8-12(3)15(7-2)13(4)11-16-5/h12-14H,6-11H2,1-5H3. The topological polar surface area (TPSA) is 24.5 Å². The predicted molar refractivity (Wildman–Crippen MR) is 71.0 cm³/mol. The average Bonchev–Trinajstić information content (AvgIpc) is 2.26. The molecule has 3 nitrogen and oxygen atoms in total. The van der Waals surface area contributed by atoms with Crippen LogP contribution in [0.1, 0.15) is 40.5 Å². The van der Waals surface area contributed by atoms with Gasteiger partial charge < -0.3 is 10.1 Å². The summed E-state index contributed by atoms with van der Waals surface area (Å²) in [4.78, 5) is 2.51. The monoisotopic (exact) mass is 230 g/mol. The van der Waals surface area contributed by atoms with Crippen molar-refractivity contribution in [2.75, 3.05) is 33.4 Å². The summed E-state index contributed by atoms with van der Waals surface area (Å²) in [5, 5.41) is 3.46. The first-order valence-electron chi connectivity index (χ1n) is 6.62. The van der Waals surface area contributed by atoms with Gasteiger partial charge in [-0.2, -0.15) is 0 Å². The number of likely N-dealkylation sites (N-methyl/N-ethyl adjacent to an activating group) is 1. The normalized spacial score (nSPS) is 15.4. The van der Waals surface area contributed by atoms with E-state index in [4.69, 9.17) is 4.74 Å². The Labute approximate surface area is 102 Å². The van der Waals surface area contributed by atoms with Gasteiger partial charge in [-0.3, -0.25) is 4.90 Å². The van der Waals surface area contributed by atoms with Crippen molar-refractivity contribution in [3.05, 3.63) is 0 Å². The molecule has 0 aromatic rings. The van der Waals surface area contributed by atoms with Crippen LogP contribution in [0.5, 0.6) is 0 Å². The molecule has 0 aromatic carbocycles.